The SMILES string of the molecule is CC(C)Oc1cccc([C@]23C[C@H](NC(=O)C4(c5ccccc5)CCCC4)C[C@H](C2)N(C)C[C@@H]3C)c1. The van der Waals surface area contributed by atoms with E-state index in [1.807, 2.05) is 6.07 Å². The summed E-state index contributed by atoms with van der Waals surface area (Å²) in [5, 5.41) is 3.61. The van der Waals surface area contributed by atoms with Gasteiger partial charge >= 0.3 is 0 Å². The molecule has 1 heterocycles. The largest absolute Gasteiger partial charge is 0.491 e. The van der Waals surface area contributed by atoms with Crippen LogP contribution in [0.2, 0.25) is 0 Å². The molecule has 1 N–H and O–H groups in total. The van der Waals surface area contributed by atoms with E-state index in [-0.39, 0.29) is 28.9 Å². The van der Waals surface area contributed by atoms with E-state index >= 15 is 0 Å². The van der Waals surface area contributed by atoms with Gasteiger partial charge < -0.3 is 15.0 Å². The first-order chi connectivity index (χ1) is 16.8. The van der Waals surface area contributed by atoms with E-state index in [4.69, 9.17) is 4.74 Å². The van der Waals surface area contributed by atoms with Crippen LogP contribution in [0.4, 0.5) is 0 Å². The first-order valence-corrected chi connectivity index (χ1v) is 13.7. The molecule has 1 amide bonds. The van der Waals surface area contributed by atoms with Crippen LogP contribution in [0.3, 0.4) is 0 Å². The molecule has 5 rings (SSSR count). The Morgan fingerprint density at radius 3 is 2.46 bits per heavy atom. The molecule has 2 aromatic carbocycles. The molecule has 0 spiro atoms. The number of hydrogen-bond acceptors (Lipinski definition) is 3. The Hall–Kier alpha value is -2.33. The quantitative estimate of drug-likeness (QED) is 0.572. The standard InChI is InChI=1S/C31H42N2O2/c1-22(2)35-28-14-10-13-25(17-28)31-19-26(18-27(20-31)33(4)21-23(31)3)32-29(34)30(15-8-9-16-30)24-11-6-5-7-12-24/h5-7,10-14,17,22-23,26-27H,8-9,15-16,18-21H2,1-4H3,(H,32,34)/t23-,26+,27+,31+/m0/s1. The molecule has 0 unspecified atom stereocenters. The number of ether oxygens (including phenoxy) is 1. The lowest BCUT2D eigenvalue weighted by molar-refractivity contribution is -0.128. The van der Waals surface area contributed by atoms with Crippen LogP contribution >= 0.6 is 0 Å². The third-order valence-electron chi connectivity index (χ3n) is 9.23. The van der Waals surface area contributed by atoms with E-state index in [2.05, 4.69) is 86.6 Å². The molecular formula is C31H42N2O2. The van der Waals surface area contributed by atoms with E-state index in [1.54, 1.807) is 0 Å². The van der Waals surface area contributed by atoms with Gasteiger partial charge in [0.25, 0.3) is 0 Å². The number of nitrogens with one attached hydrogen (secondary N) is 1. The fourth-order valence-corrected chi connectivity index (χ4v) is 7.42. The monoisotopic (exact) mass is 474 g/mol. The third kappa shape index (κ3) is 4.50. The van der Waals surface area contributed by atoms with E-state index < -0.39 is 0 Å². The maximum atomic E-state index is 14.0. The van der Waals surface area contributed by atoms with Gasteiger partial charge in [-0.3, -0.25) is 4.79 Å². The van der Waals surface area contributed by atoms with Crippen molar-refractivity contribution in [3.05, 3.63) is 65.7 Å². The minimum atomic E-state index is -0.372. The molecule has 3 fully saturated rings. The highest BCUT2D eigenvalue weighted by atomic mass is 16.5. The number of rotatable bonds is 6. The summed E-state index contributed by atoms with van der Waals surface area (Å²) in [4.78, 5) is 16.5. The lowest BCUT2D eigenvalue weighted by Gasteiger charge is -2.56. The van der Waals surface area contributed by atoms with Gasteiger partial charge in [-0.15, -0.1) is 0 Å². The van der Waals surface area contributed by atoms with Crippen molar-refractivity contribution < 1.29 is 9.53 Å². The normalized spacial score (nSPS) is 30.3. The number of amides is 1. The highest BCUT2D eigenvalue weighted by Crippen LogP contribution is 2.50. The van der Waals surface area contributed by atoms with Crippen molar-refractivity contribution in [3.8, 4) is 5.75 Å². The van der Waals surface area contributed by atoms with Gasteiger partial charge in [-0.1, -0.05) is 62.2 Å². The maximum Gasteiger partial charge on any atom is 0.230 e. The lowest BCUT2D eigenvalue weighted by Crippen LogP contribution is -2.61. The molecule has 0 aromatic heterocycles. The van der Waals surface area contributed by atoms with Crippen LogP contribution in [-0.4, -0.2) is 42.6 Å². The maximum absolute atomic E-state index is 14.0. The summed E-state index contributed by atoms with van der Waals surface area (Å²) in [6, 6.07) is 19.9. The number of piperidine rings is 1. The number of carbonyl (C=O) groups is 1. The van der Waals surface area contributed by atoms with Gasteiger partial charge in [-0.05, 0) is 82.2 Å². The number of carbonyl (C=O) groups excluding carboxylic acids is 1. The molecular weight excluding hydrogens is 432 g/mol. The van der Waals surface area contributed by atoms with Gasteiger partial charge in [0.2, 0.25) is 5.91 Å². The second-order valence-corrected chi connectivity index (χ2v) is 11.8. The van der Waals surface area contributed by atoms with Gasteiger partial charge in [-0.2, -0.15) is 0 Å². The van der Waals surface area contributed by atoms with Crippen molar-refractivity contribution in [3.63, 3.8) is 0 Å². The van der Waals surface area contributed by atoms with Gasteiger partial charge in [0.1, 0.15) is 5.75 Å². The smallest absolute Gasteiger partial charge is 0.230 e. The molecule has 2 saturated carbocycles. The molecule has 0 radical (unpaired) electrons. The minimum absolute atomic E-state index is 0.0549. The highest BCUT2D eigenvalue weighted by Gasteiger charge is 2.51. The Labute approximate surface area is 211 Å². The van der Waals surface area contributed by atoms with Gasteiger partial charge in [-0.25, -0.2) is 0 Å². The summed E-state index contributed by atoms with van der Waals surface area (Å²) in [5.74, 6) is 1.70. The molecule has 35 heavy (non-hydrogen) atoms. The average Bonchev–Trinajstić information content (AvgIpc) is 3.35. The number of fused-ring (bicyclic) bond motifs is 2. The zero-order valence-electron chi connectivity index (χ0n) is 21.9. The fourth-order valence-electron chi connectivity index (χ4n) is 7.42. The summed E-state index contributed by atoms with van der Waals surface area (Å²) in [5.41, 5.74) is 2.24. The number of hydrogen-bond donors (Lipinski definition) is 1. The van der Waals surface area contributed by atoms with Crippen LogP contribution in [-0.2, 0) is 15.6 Å². The van der Waals surface area contributed by atoms with Crippen LogP contribution in [0, 0.1) is 5.92 Å². The van der Waals surface area contributed by atoms with Crippen LogP contribution in [0.25, 0.3) is 0 Å². The van der Waals surface area contributed by atoms with Crippen LogP contribution in [0.15, 0.2) is 54.6 Å². The van der Waals surface area contributed by atoms with E-state index in [0.717, 1.165) is 57.2 Å². The molecule has 188 valence electrons. The molecule has 4 heteroatoms. The van der Waals surface area contributed by atoms with Crippen LogP contribution in [0.5, 0.6) is 5.75 Å². The fraction of sp³-hybridized carbons (Fsp3) is 0.581. The first kappa shape index (κ1) is 24.4. The summed E-state index contributed by atoms with van der Waals surface area (Å²) in [6.45, 7) is 7.65. The molecule has 2 bridgehead atoms. The molecule has 4 nitrogen and oxygen atoms in total. The Bertz CT molecular complexity index is 1030. The number of likely N-dealkylation sites (tertiary alicyclic amines) is 1. The number of nitrogens with zero attached hydrogens (tertiary/aromatic N) is 1. The zero-order valence-corrected chi connectivity index (χ0v) is 21.9. The molecule has 4 atom stereocenters. The first-order valence-electron chi connectivity index (χ1n) is 13.7. The van der Waals surface area contributed by atoms with Crippen molar-refractivity contribution in [1.82, 2.24) is 10.2 Å². The molecule has 3 aliphatic rings. The van der Waals surface area contributed by atoms with E-state index in [9.17, 15) is 4.79 Å². The van der Waals surface area contributed by atoms with E-state index in [1.165, 1.54) is 11.1 Å². The molecule has 1 aliphatic heterocycles. The van der Waals surface area contributed by atoms with Crippen molar-refractivity contribution in [2.24, 2.45) is 5.92 Å². The molecule has 2 aliphatic carbocycles. The second-order valence-electron chi connectivity index (χ2n) is 11.8. The predicted molar refractivity (Wildman–Crippen MR) is 142 cm³/mol. The van der Waals surface area contributed by atoms with Crippen molar-refractivity contribution in [2.45, 2.75) is 94.7 Å². The van der Waals surface area contributed by atoms with Gasteiger partial charge in [0.15, 0.2) is 0 Å². The van der Waals surface area contributed by atoms with Crippen molar-refractivity contribution in [1.29, 1.82) is 0 Å². The summed E-state index contributed by atoms with van der Waals surface area (Å²) in [7, 11) is 2.26. The number of benzene rings is 2. The molecule has 2 aromatic rings. The van der Waals surface area contributed by atoms with Crippen molar-refractivity contribution >= 4 is 5.91 Å². The predicted octanol–water partition coefficient (Wildman–Crippen LogP) is 5.84. The van der Waals surface area contributed by atoms with Crippen LogP contribution in [0.1, 0.15) is 76.8 Å². The Morgan fingerprint density at radius 1 is 1.03 bits per heavy atom. The van der Waals surface area contributed by atoms with Crippen molar-refractivity contribution in [2.75, 3.05) is 13.6 Å². The third-order valence-corrected chi connectivity index (χ3v) is 9.23. The van der Waals surface area contributed by atoms with Crippen LogP contribution < -0.4 is 10.1 Å². The summed E-state index contributed by atoms with van der Waals surface area (Å²) in [6.07, 6.45) is 7.49. The second kappa shape index (κ2) is 9.61. The zero-order chi connectivity index (χ0) is 24.6. The Kier molecular flexibility index (Phi) is 6.69. The highest BCUT2D eigenvalue weighted by molar-refractivity contribution is 5.88. The van der Waals surface area contributed by atoms with Gasteiger partial charge in [0, 0.05) is 24.0 Å². The Balaban J connectivity index is 1.44. The molecule has 1 saturated heterocycles. The Morgan fingerprint density at radius 2 is 1.74 bits per heavy atom. The lowest BCUT2D eigenvalue weighted by atomic mass is 9.57. The average molecular weight is 475 g/mol. The van der Waals surface area contributed by atoms with Gasteiger partial charge in [0.05, 0.1) is 11.5 Å². The minimum Gasteiger partial charge on any atom is -0.491 e. The summed E-state index contributed by atoms with van der Waals surface area (Å²) < 4.78 is 6.08. The van der Waals surface area contributed by atoms with E-state index in [0.29, 0.717) is 12.0 Å². The topological polar surface area (TPSA) is 41.6 Å². The summed E-state index contributed by atoms with van der Waals surface area (Å²) >= 11 is 0.